The van der Waals surface area contributed by atoms with Gasteiger partial charge in [-0.3, -0.25) is 0 Å². The van der Waals surface area contributed by atoms with E-state index in [0.29, 0.717) is 28.4 Å². The third kappa shape index (κ3) is 3.86. The van der Waals surface area contributed by atoms with Crippen molar-refractivity contribution in [2.24, 2.45) is 0 Å². The first-order chi connectivity index (χ1) is 13.8. The molecule has 0 spiro atoms. The van der Waals surface area contributed by atoms with Crippen LogP contribution in [0.4, 0.5) is 0 Å². The van der Waals surface area contributed by atoms with Crippen LogP contribution in [0.5, 0.6) is 11.5 Å². The van der Waals surface area contributed by atoms with E-state index in [4.69, 9.17) is 14.0 Å². The number of nitrogens with zero attached hydrogens (tertiary/aromatic N) is 2. The highest BCUT2D eigenvalue weighted by molar-refractivity contribution is 7.89. The van der Waals surface area contributed by atoms with Gasteiger partial charge in [0.05, 0.1) is 17.1 Å². The van der Waals surface area contributed by atoms with Crippen LogP contribution in [-0.4, -0.2) is 44.2 Å². The molecule has 8 heteroatoms. The van der Waals surface area contributed by atoms with Crippen LogP contribution in [0.15, 0.2) is 57.9 Å². The van der Waals surface area contributed by atoms with Crippen molar-refractivity contribution in [1.29, 1.82) is 0 Å². The fourth-order valence-electron chi connectivity index (χ4n) is 3.24. The molecule has 2 aromatic carbocycles. The quantitative estimate of drug-likeness (QED) is 0.636. The summed E-state index contributed by atoms with van der Waals surface area (Å²) < 4.78 is 44.7. The summed E-state index contributed by atoms with van der Waals surface area (Å²) in [5.74, 6) is 1.82. The van der Waals surface area contributed by atoms with Gasteiger partial charge in [-0.2, -0.15) is 4.31 Å². The summed E-state index contributed by atoms with van der Waals surface area (Å²) in [5.41, 5.74) is 2.05. The summed E-state index contributed by atoms with van der Waals surface area (Å²) in [6.07, 6.45) is -0.398. The van der Waals surface area contributed by atoms with E-state index in [9.17, 15) is 8.42 Å². The molecule has 1 aliphatic heterocycles. The Hall–Kier alpha value is -2.84. The number of aromatic nitrogens is 1. The summed E-state index contributed by atoms with van der Waals surface area (Å²) in [6, 6.07) is 14.3. The van der Waals surface area contributed by atoms with Crippen LogP contribution in [-0.2, 0) is 10.0 Å². The minimum atomic E-state index is -3.73. The van der Waals surface area contributed by atoms with Gasteiger partial charge in [0.15, 0.2) is 17.3 Å². The van der Waals surface area contributed by atoms with Gasteiger partial charge in [-0.15, -0.1) is 0 Å². The lowest BCUT2D eigenvalue weighted by atomic mass is 10.1. The SMILES string of the molecule is Cc1cc(-c2ccc(C)c(S(=O)(=O)N(C)C[C@@H]3COc4ccccc4O3)c2)on1. The smallest absolute Gasteiger partial charge is 0.243 e. The second-order valence-electron chi connectivity index (χ2n) is 7.10. The second-order valence-corrected chi connectivity index (χ2v) is 9.11. The number of para-hydroxylation sites is 2. The number of likely N-dealkylation sites (N-methyl/N-ethyl adjacent to an activating group) is 1. The van der Waals surface area contributed by atoms with E-state index in [-0.39, 0.29) is 18.0 Å². The Morgan fingerprint density at radius 2 is 1.86 bits per heavy atom. The van der Waals surface area contributed by atoms with Crippen molar-refractivity contribution < 1.29 is 22.4 Å². The van der Waals surface area contributed by atoms with Crippen molar-refractivity contribution in [2.45, 2.75) is 24.8 Å². The van der Waals surface area contributed by atoms with Crippen LogP contribution >= 0.6 is 0 Å². The molecule has 0 unspecified atom stereocenters. The summed E-state index contributed by atoms with van der Waals surface area (Å²) in [7, 11) is -2.19. The second kappa shape index (κ2) is 7.53. The molecule has 4 rings (SSSR count). The first-order valence-electron chi connectivity index (χ1n) is 9.24. The third-order valence-electron chi connectivity index (χ3n) is 4.82. The van der Waals surface area contributed by atoms with Crippen LogP contribution in [0.3, 0.4) is 0 Å². The minimum Gasteiger partial charge on any atom is -0.486 e. The van der Waals surface area contributed by atoms with Gasteiger partial charge in [-0.1, -0.05) is 29.4 Å². The summed E-state index contributed by atoms with van der Waals surface area (Å²) >= 11 is 0. The van der Waals surface area contributed by atoms with E-state index < -0.39 is 16.1 Å². The number of rotatable bonds is 5. The van der Waals surface area contributed by atoms with E-state index in [2.05, 4.69) is 5.16 Å². The number of hydrogen-bond acceptors (Lipinski definition) is 6. The van der Waals surface area contributed by atoms with Crippen LogP contribution in [0, 0.1) is 13.8 Å². The van der Waals surface area contributed by atoms with Gasteiger partial charge in [0.1, 0.15) is 12.7 Å². The monoisotopic (exact) mass is 414 g/mol. The van der Waals surface area contributed by atoms with E-state index in [1.165, 1.54) is 4.31 Å². The predicted octanol–water partition coefficient (Wildman–Crippen LogP) is 3.42. The Morgan fingerprint density at radius 3 is 2.59 bits per heavy atom. The van der Waals surface area contributed by atoms with Crippen LogP contribution < -0.4 is 9.47 Å². The lowest BCUT2D eigenvalue weighted by molar-refractivity contribution is 0.0798. The molecule has 1 aliphatic rings. The van der Waals surface area contributed by atoms with Gasteiger partial charge in [0.25, 0.3) is 0 Å². The van der Waals surface area contributed by atoms with Gasteiger partial charge in [0, 0.05) is 18.7 Å². The Kier molecular flexibility index (Phi) is 5.06. The zero-order chi connectivity index (χ0) is 20.6. The largest absolute Gasteiger partial charge is 0.486 e. The molecule has 0 radical (unpaired) electrons. The Labute approximate surface area is 169 Å². The van der Waals surface area contributed by atoms with Crippen molar-refractivity contribution in [3.63, 3.8) is 0 Å². The maximum Gasteiger partial charge on any atom is 0.243 e. The number of ether oxygens (including phenoxy) is 2. The van der Waals surface area contributed by atoms with Crippen molar-refractivity contribution in [2.75, 3.05) is 20.2 Å². The molecule has 1 atom stereocenters. The number of fused-ring (bicyclic) bond motifs is 1. The first kappa shape index (κ1) is 19.5. The topological polar surface area (TPSA) is 81.9 Å². The lowest BCUT2D eigenvalue weighted by Gasteiger charge is -2.29. The highest BCUT2D eigenvalue weighted by Crippen LogP contribution is 2.32. The van der Waals surface area contributed by atoms with E-state index >= 15 is 0 Å². The average Bonchev–Trinajstić information content (AvgIpc) is 3.14. The van der Waals surface area contributed by atoms with E-state index in [0.717, 1.165) is 5.69 Å². The molecule has 0 fully saturated rings. The van der Waals surface area contributed by atoms with E-state index in [1.54, 1.807) is 32.2 Å². The molecule has 0 saturated carbocycles. The standard InChI is InChI=1S/C21H22N2O5S/c1-14-8-9-16(20-10-15(2)22-28-20)11-21(14)29(24,25)23(3)12-17-13-26-18-6-4-5-7-19(18)27-17/h4-11,17H,12-13H2,1-3H3/t17-/m1/s1. The molecule has 3 aromatic rings. The van der Waals surface area contributed by atoms with E-state index in [1.807, 2.05) is 37.3 Å². The molecular weight excluding hydrogens is 392 g/mol. The summed E-state index contributed by atoms with van der Waals surface area (Å²) in [6.45, 7) is 4.04. The number of benzene rings is 2. The minimum absolute atomic E-state index is 0.168. The molecule has 152 valence electrons. The Balaban J connectivity index is 1.56. The van der Waals surface area contributed by atoms with Crippen molar-refractivity contribution in [3.05, 3.63) is 59.8 Å². The summed E-state index contributed by atoms with van der Waals surface area (Å²) in [5, 5.41) is 3.87. The molecule has 0 amide bonds. The summed E-state index contributed by atoms with van der Waals surface area (Å²) in [4.78, 5) is 0.226. The Morgan fingerprint density at radius 1 is 1.10 bits per heavy atom. The zero-order valence-electron chi connectivity index (χ0n) is 16.5. The fraction of sp³-hybridized carbons (Fsp3) is 0.286. The highest BCUT2D eigenvalue weighted by Gasteiger charge is 2.29. The molecule has 0 bridgehead atoms. The average molecular weight is 414 g/mol. The van der Waals surface area contributed by atoms with Gasteiger partial charge in [0.2, 0.25) is 10.0 Å². The lowest BCUT2D eigenvalue weighted by Crippen LogP contribution is -2.41. The highest BCUT2D eigenvalue weighted by atomic mass is 32.2. The van der Waals surface area contributed by atoms with Crippen molar-refractivity contribution >= 4 is 10.0 Å². The first-order valence-corrected chi connectivity index (χ1v) is 10.7. The van der Waals surface area contributed by atoms with Gasteiger partial charge >= 0.3 is 0 Å². The van der Waals surface area contributed by atoms with Crippen LogP contribution in [0.2, 0.25) is 0 Å². The molecular formula is C21H22N2O5S. The molecule has 7 nitrogen and oxygen atoms in total. The van der Waals surface area contributed by atoms with Crippen LogP contribution in [0.1, 0.15) is 11.3 Å². The molecule has 0 N–H and O–H groups in total. The van der Waals surface area contributed by atoms with Gasteiger partial charge in [-0.25, -0.2) is 8.42 Å². The van der Waals surface area contributed by atoms with Crippen molar-refractivity contribution in [1.82, 2.24) is 9.46 Å². The Bertz CT molecular complexity index is 1140. The predicted molar refractivity (Wildman–Crippen MR) is 108 cm³/mol. The maximum atomic E-state index is 13.2. The molecule has 29 heavy (non-hydrogen) atoms. The van der Waals surface area contributed by atoms with Gasteiger partial charge in [-0.05, 0) is 37.6 Å². The third-order valence-corrected chi connectivity index (χ3v) is 6.78. The molecule has 2 heterocycles. The molecule has 0 aliphatic carbocycles. The zero-order valence-corrected chi connectivity index (χ0v) is 17.3. The maximum absolute atomic E-state index is 13.2. The number of aryl methyl sites for hydroxylation is 2. The number of sulfonamides is 1. The molecule has 0 saturated heterocycles. The molecule has 1 aromatic heterocycles. The number of hydrogen-bond donors (Lipinski definition) is 0. The van der Waals surface area contributed by atoms with Crippen molar-refractivity contribution in [3.8, 4) is 22.8 Å². The van der Waals surface area contributed by atoms with Crippen LogP contribution in [0.25, 0.3) is 11.3 Å². The van der Waals surface area contributed by atoms with Gasteiger partial charge < -0.3 is 14.0 Å². The normalized spacial score (nSPS) is 16.2. The fourth-order valence-corrected chi connectivity index (χ4v) is 4.69.